The summed E-state index contributed by atoms with van der Waals surface area (Å²) in [6.45, 7) is 6.32. The third-order valence-corrected chi connectivity index (χ3v) is 6.38. The number of ether oxygens (including phenoxy) is 2. The summed E-state index contributed by atoms with van der Waals surface area (Å²) in [6, 6.07) is 6.48. The maximum atomic E-state index is 14.1. The van der Waals surface area contributed by atoms with E-state index in [1.54, 1.807) is 20.8 Å². The molecule has 0 unspecified atom stereocenters. The molecule has 1 aliphatic carbocycles. The second kappa shape index (κ2) is 8.07. The molecule has 0 aliphatic heterocycles. The fourth-order valence-corrected chi connectivity index (χ4v) is 4.34. The molecule has 29 heavy (non-hydrogen) atoms. The Morgan fingerprint density at radius 1 is 1.17 bits per heavy atom. The van der Waals surface area contributed by atoms with Crippen LogP contribution in [0, 0.1) is 17.8 Å². The number of alkyl halides is 3. The number of methoxy groups -OCH3 is 1. The van der Waals surface area contributed by atoms with Crippen LogP contribution in [-0.4, -0.2) is 41.9 Å². The van der Waals surface area contributed by atoms with Crippen molar-refractivity contribution in [1.29, 1.82) is 0 Å². The first kappa shape index (κ1) is 23.3. The quantitative estimate of drug-likeness (QED) is 0.742. The summed E-state index contributed by atoms with van der Waals surface area (Å²) in [7, 11) is 0.783. The van der Waals surface area contributed by atoms with Gasteiger partial charge in [-0.15, -0.1) is 0 Å². The van der Waals surface area contributed by atoms with E-state index in [9.17, 15) is 27.9 Å². The lowest BCUT2D eigenvalue weighted by molar-refractivity contribution is -0.281. The van der Waals surface area contributed by atoms with Gasteiger partial charge in [0.25, 0.3) is 5.60 Å². The monoisotopic (exact) mass is 416 g/mol. The zero-order valence-electron chi connectivity index (χ0n) is 17.1. The number of carbonyl (C=O) groups is 2. The van der Waals surface area contributed by atoms with Gasteiger partial charge in [-0.05, 0) is 6.42 Å². The second-order valence-corrected chi connectivity index (χ2v) is 7.67. The molecule has 0 amide bonds. The molecule has 0 spiro atoms. The van der Waals surface area contributed by atoms with Crippen LogP contribution in [0.3, 0.4) is 0 Å². The van der Waals surface area contributed by atoms with E-state index in [0.29, 0.717) is 0 Å². The van der Waals surface area contributed by atoms with Crippen molar-refractivity contribution in [2.75, 3.05) is 7.11 Å². The van der Waals surface area contributed by atoms with Gasteiger partial charge in [0.05, 0.1) is 11.5 Å². The van der Waals surface area contributed by atoms with Crippen LogP contribution in [0.5, 0.6) is 0 Å². The van der Waals surface area contributed by atoms with Gasteiger partial charge >= 0.3 is 12.1 Å². The number of rotatable bonds is 5. The summed E-state index contributed by atoms with van der Waals surface area (Å²) in [5.74, 6) is -4.37. The summed E-state index contributed by atoms with van der Waals surface area (Å²) in [6.07, 6.45) is -6.15. The Hall–Kier alpha value is -1.93. The minimum absolute atomic E-state index is 0.190. The maximum absolute atomic E-state index is 14.1. The van der Waals surface area contributed by atoms with E-state index in [2.05, 4.69) is 0 Å². The normalized spacial score (nSPS) is 32.5. The van der Waals surface area contributed by atoms with Crippen molar-refractivity contribution in [1.82, 2.24) is 0 Å². The molecule has 2 rings (SSSR count). The van der Waals surface area contributed by atoms with Crippen LogP contribution in [0.15, 0.2) is 30.3 Å². The lowest BCUT2D eigenvalue weighted by atomic mass is 9.63. The minimum Gasteiger partial charge on any atom is -0.459 e. The molecular weight excluding hydrogens is 389 g/mol. The van der Waals surface area contributed by atoms with Crippen LogP contribution in [0.1, 0.15) is 39.7 Å². The number of ketones is 1. The van der Waals surface area contributed by atoms with Gasteiger partial charge < -0.3 is 14.6 Å². The van der Waals surface area contributed by atoms with Crippen molar-refractivity contribution in [3.8, 4) is 0 Å². The van der Waals surface area contributed by atoms with Crippen molar-refractivity contribution in [3.63, 3.8) is 0 Å². The van der Waals surface area contributed by atoms with Gasteiger partial charge in [-0.2, -0.15) is 13.2 Å². The highest BCUT2D eigenvalue weighted by atomic mass is 19.4. The van der Waals surface area contributed by atoms with Crippen molar-refractivity contribution in [2.24, 2.45) is 17.8 Å². The number of carbonyl (C=O) groups excluding carboxylic acids is 2. The lowest BCUT2D eigenvalue weighted by Crippen LogP contribution is -2.61. The van der Waals surface area contributed by atoms with E-state index in [-0.39, 0.29) is 12.2 Å². The highest BCUT2D eigenvalue weighted by Crippen LogP contribution is 2.46. The topological polar surface area (TPSA) is 72.8 Å². The van der Waals surface area contributed by atoms with E-state index in [1.165, 1.54) is 25.1 Å². The third-order valence-electron chi connectivity index (χ3n) is 6.38. The standard InChI is InChI=1S/C21H27F3O5/c1-6-19(27)13(3)16(25)12(2)17(14(19)4)29-18(26)20(28-5,21(22,23)24)15-10-8-7-9-11-15/h7-14,17,27H,6H2,1-5H3/t12-,13-,14+,17-,19-,20+/m1/s1. The molecule has 0 saturated heterocycles. The zero-order valence-corrected chi connectivity index (χ0v) is 17.1. The first-order valence-electron chi connectivity index (χ1n) is 9.53. The molecule has 1 N–H and O–H groups in total. The molecule has 1 fully saturated rings. The second-order valence-electron chi connectivity index (χ2n) is 7.67. The zero-order chi connectivity index (χ0) is 22.2. The van der Waals surface area contributed by atoms with Gasteiger partial charge in [0.1, 0.15) is 11.9 Å². The molecule has 5 nitrogen and oxygen atoms in total. The van der Waals surface area contributed by atoms with E-state index >= 15 is 0 Å². The Morgan fingerprint density at radius 3 is 2.17 bits per heavy atom. The van der Waals surface area contributed by atoms with Crippen LogP contribution in [0.25, 0.3) is 0 Å². The average Bonchev–Trinajstić information content (AvgIpc) is 2.69. The smallest absolute Gasteiger partial charge is 0.432 e. The van der Waals surface area contributed by atoms with Gasteiger partial charge in [-0.1, -0.05) is 58.0 Å². The Bertz CT molecular complexity index is 750. The number of hydrogen-bond acceptors (Lipinski definition) is 5. The minimum atomic E-state index is -5.11. The molecule has 0 radical (unpaired) electrons. The largest absolute Gasteiger partial charge is 0.459 e. The number of benzene rings is 1. The molecule has 1 aliphatic rings. The van der Waals surface area contributed by atoms with E-state index in [0.717, 1.165) is 19.2 Å². The Balaban J connectivity index is 2.50. The summed E-state index contributed by atoms with van der Waals surface area (Å²) < 4.78 is 52.3. The third kappa shape index (κ3) is 3.57. The maximum Gasteiger partial charge on any atom is 0.432 e. The number of Topliss-reactive ketones (excluding diaryl/α,β-unsaturated/α-hetero) is 1. The first-order chi connectivity index (χ1) is 13.4. The predicted molar refractivity (Wildman–Crippen MR) is 98.8 cm³/mol. The molecule has 6 atom stereocenters. The molecule has 162 valence electrons. The van der Waals surface area contributed by atoms with Gasteiger partial charge in [0.15, 0.2) is 0 Å². The van der Waals surface area contributed by atoms with Crippen molar-refractivity contribution in [3.05, 3.63) is 35.9 Å². The Labute approximate surface area is 168 Å². The fraction of sp³-hybridized carbons (Fsp3) is 0.619. The van der Waals surface area contributed by atoms with Crippen LogP contribution in [0.2, 0.25) is 0 Å². The number of hydrogen-bond donors (Lipinski definition) is 1. The molecular formula is C21H27F3O5. The van der Waals surface area contributed by atoms with Gasteiger partial charge in [-0.3, -0.25) is 4.79 Å². The van der Waals surface area contributed by atoms with Gasteiger partial charge in [-0.25, -0.2) is 4.79 Å². The summed E-state index contributed by atoms with van der Waals surface area (Å²) >= 11 is 0. The van der Waals surface area contributed by atoms with Crippen molar-refractivity contribution in [2.45, 2.75) is 57.6 Å². The first-order valence-corrected chi connectivity index (χ1v) is 9.53. The van der Waals surface area contributed by atoms with Crippen LogP contribution in [0.4, 0.5) is 13.2 Å². The lowest BCUT2D eigenvalue weighted by Gasteiger charge is -2.48. The summed E-state index contributed by atoms with van der Waals surface area (Å²) in [4.78, 5) is 25.5. The Kier molecular flexibility index (Phi) is 6.49. The fourth-order valence-electron chi connectivity index (χ4n) is 4.34. The molecule has 1 aromatic rings. The average molecular weight is 416 g/mol. The van der Waals surface area contributed by atoms with Crippen molar-refractivity contribution >= 4 is 11.8 Å². The Morgan fingerprint density at radius 2 is 1.72 bits per heavy atom. The highest BCUT2D eigenvalue weighted by molar-refractivity contribution is 5.87. The molecule has 8 heteroatoms. The van der Waals surface area contributed by atoms with Crippen LogP contribution >= 0.6 is 0 Å². The van der Waals surface area contributed by atoms with E-state index in [1.807, 2.05) is 0 Å². The summed E-state index contributed by atoms with van der Waals surface area (Å²) in [5, 5.41) is 11.0. The molecule has 1 aromatic carbocycles. The van der Waals surface area contributed by atoms with Crippen molar-refractivity contribution < 1.29 is 37.3 Å². The highest BCUT2D eigenvalue weighted by Gasteiger charge is 2.65. The predicted octanol–water partition coefficient (Wildman–Crippen LogP) is 3.63. The number of halogens is 3. The van der Waals surface area contributed by atoms with E-state index in [4.69, 9.17) is 9.47 Å². The number of aliphatic hydroxyl groups is 1. The van der Waals surface area contributed by atoms with Crippen LogP contribution in [-0.2, 0) is 24.7 Å². The van der Waals surface area contributed by atoms with Gasteiger partial charge in [0, 0.05) is 24.5 Å². The molecule has 1 saturated carbocycles. The van der Waals surface area contributed by atoms with E-state index < -0.39 is 52.8 Å². The summed E-state index contributed by atoms with van der Waals surface area (Å²) in [5.41, 5.74) is -5.26. The van der Waals surface area contributed by atoms with Crippen LogP contribution < -0.4 is 0 Å². The molecule has 0 aromatic heterocycles. The molecule has 0 bridgehead atoms. The molecule has 0 heterocycles. The number of esters is 1. The SMILES string of the molecule is CC[C@@]1(O)[C@H](C)C(=O)[C@@H](C)[C@@H](OC(=O)[C@@](OC)(c2ccccc2)C(F)(F)F)[C@@H]1C. The van der Waals surface area contributed by atoms with Gasteiger partial charge in [0.2, 0.25) is 0 Å².